The fraction of sp³-hybridized carbons (Fsp3) is 0.238. The molecule has 1 aliphatic rings. The number of nitrogens with one attached hydrogen (secondary N) is 1. The predicted octanol–water partition coefficient (Wildman–Crippen LogP) is 4.18. The fourth-order valence-electron chi connectivity index (χ4n) is 3.34. The number of nitrogens with zero attached hydrogens (tertiary/aromatic N) is 2. The Bertz CT molecular complexity index is 1000. The largest absolute Gasteiger partial charge is 0.493 e. The summed E-state index contributed by atoms with van der Waals surface area (Å²) in [5, 5.41) is 5.90. The van der Waals surface area contributed by atoms with Gasteiger partial charge in [0.2, 0.25) is 5.91 Å². The normalized spacial score (nSPS) is 13.5. The minimum Gasteiger partial charge on any atom is -0.493 e. The van der Waals surface area contributed by atoms with Gasteiger partial charge in [0, 0.05) is 18.3 Å². The van der Waals surface area contributed by atoms with E-state index in [0.717, 1.165) is 27.6 Å². The lowest BCUT2D eigenvalue weighted by Crippen LogP contribution is -2.24. The Hall–Kier alpha value is -3.06. The molecular formula is C21H21N3O3S. The minimum atomic E-state index is 0.0371. The maximum absolute atomic E-state index is 12.0. The number of hydrogen-bond acceptors (Lipinski definition) is 6. The lowest BCUT2D eigenvalue weighted by Gasteiger charge is -2.23. The van der Waals surface area contributed by atoms with Crippen LogP contribution >= 0.6 is 11.3 Å². The van der Waals surface area contributed by atoms with E-state index in [1.807, 2.05) is 42.5 Å². The number of thiazole rings is 1. The van der Waals surface area contributed by atoms with E-state index >= 15 is 0 Å². The summed E-state index contributed by atoms with van der Waals surface area (Å²) in [4.78, 5) is 19.0. The Morgan fingerprint density at radius 3 is 2.82 bits per heavy atom. The number of amides is 1. The second kappa shape index (κ2) is 7.90. The number of hydrogen-bond donors (Lipinski definition) is 1. The van der Waals surface area contributed by atoms with Crippen molar-refractivity contribution in [2.45, 2.75) is 13.0 Å². The van der Waals surface area contributed by atoms with Crippen LogP contribution in [0.3, 0.4) is 0 Å². The van der Waals surface area contributed by atoms with E-state index in [2.05, 4.69) is 15.6 Å². The molecule has 7 heteroatoms. The van der Waals surface area contributed by atoms with Gasteiger partial charge in [-0.2, -0.15) is 0 Å². The number of carbonyl (C=O) groups is 1. The Morgan fingerprint density at radius 1 is 1.14 bits per heavy atom. The lowest BCUT2D eigenvalue weighted by atomic mass is 10.2. The second-order valence-corrected chi connectivity index (χ2v) is 7.28. The van der Waals surface area contributed by atoms with Crippen LogP contribution in [0.5, 0.6) is 11.5 Å². The number of anilines is 2. The van der Waals surface area contributed by atoms with Crippen LogP contribution in [0.2, 0.25) is 0 Å². The molecule has 0 unspecified atom stereocenters. The van der Waals surface area contributed by atoms with Gasteiger partial charge in [0.25, 0.3) is 0 Å². The maximum Gasteiger partial charge on any atom is 0.226 e. The Labute approximate surface area is 167 Å². The highest BCUT2D eigenvalue weighted by Crippen LogP contribution is 2.39. The molecule has 3 aromatic rings. The van der Waals surface area contributed by atoms with Crippen molar-refractivity contribution >= 4 is 28.6 Å². The summed E-state index contributed by atoms with van der Waals surface area (Å²) in [6.07, 6.45) is 0.454. The van der Waals surface area contributed by atoms with Gasteiger partial charge in [0.05, 0.1) is 43.4 Å². The molecule has 0 saturated carbocycles. The number of para-hydroxylation sites is 3. The van der Waals surface area contributed by atoms with Crippen molar-refractivity contribution < 1.29 is 14.3 Å². The Morgan fingerprint density at radius 2 is 2.00 bits per heavy atom. The molecule has 2 heterocycles. The molecule has 0 radical (unpaired) electrons. The van der Waals surface area contributed by atoms with Crippen LogP contribution in [-0.4, -0.2) is 31.7 Å². The lowest BCUT2D eigenvalue weighted by molar-refractivity contribution is -0.115. The zero-order chi connectivity index (χ0) is 19.5. The number of ether oxygens (including phenoxy) is 2. The highest BCUT2D eigenvalue weighted by molar-refractivity contribution is 7.13. The molecule has 0 atom stereocenters. The number of aromatic nitrogens is 1. The first-order chi connectivity index (χ1) is 13.7. The van der Waals surface area contributed by atoms with Crippen molar-refractivity contribution in [1.82, 2.24) is 4.98 Å². The number of benzene rings is 2. The third kappa shape index (κ3) is 3.53. The first-order valence-electron chi connectivity index (χ1n) is 8.99. The number of rotatable bonds is 5. The van der Waals surface area contributed by atoms with Gasteiger partial charge in [-0.15, -0.1) is 11.3 Å². The predicted molar refractivity (Wildman–Crippen MR) is 111 cm³/mol. The molecule has 0 bridgehead atoms. The maximum atomic E-state index is 12.0. The van der Waals surface area contributed by atoms with E-state index in [9.17, 15) is 4.79 Å². The summed E-state index contributed by atoms with van der Waals surface area (Å²) < 4.78 is 10.9. The SMILES string of the molecule is COc1cccc(-c2nc(CN3CCC(=O)Nc4ccccc43)cs2)c1OC. The third-order valence-corrected chi connectivity index (χ3v) is 5.59. The first kappa shape index (κ1) is 18.3. The van der Waals surface area contributed by atoms with Crippen LogP contribution in [0.25, 0.3) is 10.6 Å². The monoisotopic (exact) mass is 395 g/mol. The van der Waals surface area contributed by atoms with Crippen LogP contribution in [0.1, 0.15) is 12.1 Å². The van der Waals surface area contributed by atoms with E-state index in [1.54, 1.807) is 25.6 Å². The van der Waals surface area contributed by atoms with Gasteiger partial charge < -0.3 is 19.7 Å². The van der Waals surface area contributed by atoms with E-state index in [4.69, 9.17) is 14.5 Å². The number of fused-ring (bicyclic) bond motifs is 1. The Balaban J connectivity index is 1.62. The van der Waals surface area contributed by atoms with Crippen LogP contribution in [0, 0.1) is 0 Å². The number of carbonyl (C=O) groups excluding carboxylic acids is 1. The molecular weight excluding hydrogens is 374 g/mol. The molecule has 4 rings (SSSR count). The highest BCUT2D eigenvalue weighted by atomic mass is 32.1. The molecule has 0 saturated heterocycles. The second-order valence-electron chi connectivity index (χ2n) is 6.42. The summed E-state index contributed by atoms with van der Waals surface area (Å²) in [7, 11) is 3.26. The van der Waals surface area contributed by atoms with Crippen molar-refractivity contribution in [3.05, 3.63) is 53.5 Å². The summed E-state index contributed by atoms with van der Waals surface area (Å²) in [5.74, 6) is 1.40. The number of methoxy groups -OCH3 is 2. The third-order valence-electron chi connectivity index (χ3n) is 4.67. The van der Waals surface area contributed by atoms with Crippen LogP contribution in [0.4, 0.5) is 11.4 Å². The molecule has 2 aromatic carbocycles. The average Bonchev–Trinajstić information content (AvgIpc) is 3.12. The summed E-state index contributed by atoms with van der Waals surface area (Å²) >= 11 is 1.57. The molecule has 1 aromatic heterocycles. The standard InChI is InChI=1S/C21H21N3O3S/c1-26-18-9-5-6-15(20(18)27-2)21-22-14(13-28-21)12-24-11-10-19(25)23-16-7-3-4-8-17(16)24/h3-9,13H,10-12H2,1-2H3,(H,23,25). The van der Waals surface area contributed by atoms with Crippen LogP contribution in [-0.2, 0) is 11.3 Å². The van der Waals surface area contributed by atoms with E-state index < -0.39 is 0 Å². The van der Waals surface area contributed by atoms with Gasteiger partial charge in [-0.25, -0.2) is 4.98 Å². The first-order valence-corrected chi connectivity index (χ1v) is 9.87. The van der Waals surface area contributed by atoms with Crippen molar-refractivity contribution in [1.29, 1.82) is 0 Å². The van der Waals surface area contributed by atoms with E-state index in [-0.39, 0.29) is 5.91 Å². The quantitative estimate of drug-likeness (QED) is 0.702. The molecule has 0 aliphatic carbocycles. The van der Waals surface area contributed by atoms with Crippen molar-refractivity contribution in [3.8, 4) is 22.1 Å². The Kier molecular flexibility index (Phi) is 5.16. The highest BCUT2D eigenvalue weighted by Gasteiger charge is 2.20. The van der Waals surface area contributed by atoms with Crippen molar-refractivity contribution in [2.24, 2.45) is 0 Å². The van der Waals surface area contributed by atoms with Gasteiger partial charge in [-0.3, -0.25) is 4.79 Å². The molecule has 1 N–H and O–H groups in total. The zero-order valence-electron chi connectivity index (χ0n) is 15.8. The molecule has 0 fully saturated rings. The van der Waals surface area contributed by atoms with Gasteiger partial charge in [-0.05, 0) is 24.3 Å². The van der Waals surface area contributed by atoms with Gasteiger partial charge in [0.1, 0.15) is 5.01 Å². The average molecular weight is 395 g/mol. The molecule has 1 aliphatic heterocycles. The molecule has 1 amide bonds. The summed E-state index contributed by atoms with van der Waals surface area (Å²) in [6.45, 7) is 1.28. The smallest absolute Gasteiger partial charge is 0.226 e. The molecule has 144 valence electrons. The molecule has 28 heavy (non-hydrogen) atoms. The van der Waals surface area contributed by atoms with Gasteiger partial charge >= 0.3 is 0 Å². The van der Waals surface area contributed by atoms with E-state index in [0.29, 0.717) is 31.0 Å². The van der Waals surface area contributed by atoms with Gasteiger partial charge in [0.15, 0.2) is 11.5 Å². The zero-order valence-corrected chi connectivity index (χ0v) is 16.6. The van der Waals surface area contributed by atoms with Crippen molar-refractivity contribution in [3.63, 3.8) is 0 Å². The van der Waals surface area contributed by atoms with Crippen molar-refractivity contribution in [2.75, 3.05) is 31.0 Å². The topological polar surface area (TPSA) is 63.7 Å². The fourth-order valence-corrected chi connectivity index (χ4v) is 4.18. The van der Waals surface area contributed by atoms with Crippen LogP contribution in [0.15, 0.2) is 47.8 Å². The van der Waals surface area contributed by atoms with Crippen LogP contribution < -0.4 is 19.7 Å². The summed E-state index contributed by atoms with van der Waals surface area (Å²) in [6, 6.07) is 13.6. The van der Waals surface area contributed by atoms with E-state index in [1.165, 1.54) is 0 Å². The molecule has 6 nitrogen and oxygen atoms in total. The summed E-state index contributed by atoms with van der Waals surface area (Å²) in [5.41, 5.74) is 3.72. The minimum absolute atomic E-state index is 0.0371. The van der Waals surface area contributed by atoms with Gasteiger partial charge in [-0.1, -0.05) is 18.2 Å². The molecule has 0 spiro atoms.